The van der Waals surface area contributed by atoms with Gasteiger partial charge in [-0.05, 0) is 30.5 Å². The van der Waals surface area contributed by atoms with Gasteiger partial charge in [0.1, 0.15) is 5.75 Å². The lowest BCUT2D eigenvalue weighted by Gasteiger charge is -2.21. The number of hydrogen-bond acceptors (Lipinski definition) is 3. The zero-order chi connectivity index (χ0) is 13.9. The molecule has 3 rings (SSSR count). The molecule has 1 fully saturated rings. The van der Waals surface area contributed by atoms with E-state index in [4.69, 9.17) is 21.1 Å². The summed E-state index contributed by atoms with van der Waals surface area (Å²) in [7, 11) is 0. The van der Waals surface area contributed by atoms with Crippen molar-refractivity contribution >= 4 is 17.5 Å². The molecular formula is C15H18ClNO3. The molecule has 0 unspecified atom stereocenters. The molecule has 5 heteroatoms. The van der Waals surface area contributed by atoms with E-state index in [0.29, 0.717) is 24.8 Å². The molecular weight excluding hydrogens is 278 g/mol. The summed E-state index contributed by atoms with van der Waals surface area (Å²) < 4.78 is 11.0. The molecule has 1 amide bonds. The number of halogens is 1. The number of amides is 1. The summed E-state index contributed by atoms with van der Waals surface area (Å²) in [5, 5.41) is 3.66. The number of ether oxygens (including phenoxy) is 2. The van der Waals surface area contributed by atoms with Crippen molar-refractivity contribution in [1.29, 1.82) is 0 Å². The Balaban J connectivity index is 1.65. The summed E-state index contributed by atoms with van der Waals surface area (Å²) in [5.74, 6) is 0.905. The van der Waals surface area contributed by atoms with Crippen LogP contribution in [0.15, 0.2) is 12.1 Å². The summed E-state index contributed by atoms with van der Waals surface area (Å²) in [6.07, 6.45) is 2.73. The third-order valence-electron chi connectivity index (χ3n) is 3.81. The molecule has 1 atom stereocenters. The first kappa shape index (κ1) is 13.7. The van der Waals surface area contributed by atoms with Crippen molar-refractivity contribution in [1.82, 2.24) is 5.32 Å². The lowest BCUT2D eigenvalue weighted by atomic mass is 10.0. The predicted octanol–water partition coefficient (Wildman–Crippen LogP) is 2.32. The Hall–Kier alpha value is -1.26. The van der Waals surface area contributed by atoms with Crippen molar-refractivity contribution < 1.29 is 14.3 Å². The van der Waals surface area contributed by atoms with Gasteiger partial charge in [0, 0.05) is 30.2 Å². The molecule has 0 radical (unpaired) electrons. The standard InChI is InChI=1S/C15H18ClNO3/c16-13-6-10-3-5-20-14(10)12(7-13)8-17-15(18)11-2-1-4-19-9-11/h6-7,11H,1-5,8-9H2,(H,17,18)/t11-/m1/s1. The van der Waals surface area contributed by atoms with E-state index in [1.807, 2.05) is 12.1 Å². The molecule has 1 aromatic rings. The Bertz CT molecular complexity index is 512. The van der Waals surface area contributed by atoms with Crippen molar-refractivity contribution in [2.24, 2.45) is 5.92 Å². The molecule has 4 nitrogen and oxygen atoms in total. The van der Waals surface area contributed by atoms with Crippen LogP contribution in [0.1, 0.15) is 24.0 Å². The molecule has 2 aliphatic heterocycles. The summed E-state index contributed by atoms with van der Waals surface area (Å²) in [5.41, 5.74) is 2.08. The number of carbonyl (C=O) groups is 1. The van der Waals surface area contributed by atoms with Crippen LogP contribution in [0.3, 0.4) is 0 Å². The zero-order valence-corrected chi connectivity index (χ0v) is 12.0. The van der Waals surface area contributed by atoms with E-state index < -0.39 is 0 Å². The average molecular weight is 296 g/mol. The molecule has 1 N–H and O–H groups in total. The summed E-state index contributed by atoms with van der Waals surface area (Å²) in [6, 6.07) is 3.80. The first-order valence-corrected chi connectivity index (χ1v) is 7.41. The Labute approximate surface area is 123 Å². The highest BCUT2D eigenvalue weighted by molar-refractivity contribution is 6.30. The normalized spacial score (nSPS) is 21.1. The third-order valence-corrected chi connectivity index (χ3v) is 4.03. The number of nitrogens with one attached hydrogen (secondary N) is 1. The molecule has 0 spiro atoms. The minimum absolute atomic E-state index is 0.0306. The topological polar surface area (TPSA) is 47.6 Å². The fourth-order valence-electron chi connectivity index (χ4n) is 2.75. The van der Waals surface area contributed by atoms with E-state index in [1.54, 1.807) is 0 Å². The minimum atomic E-state index is -0.0306. The van der Waals surface area contributed by atoms with Crippen LogP contribution in [-0.2, 0) is 22.5 Å². The molecule has 1 saturated heterocycles. The first-order valence-electron chi connectivity index (χ1n) is 7.03. The Morgan fingerprint density at radius 2 is 2.30 bits per heavy atom. The van der Waals surface area contributed by atoms with Crippen LogP contribution in [0.2, 0.25) is 5.02 Å². The van der Waals surface area contributed by atoms with Crippen LogP contribution in [0, 0.1) is 5.92 Å². The van der Waals surface area contributed by atoms with E-state index >= 15 is 0 Å². The maximum absolute atomic E-state index is 12.1. The van der Waals surface area contributed by atoms with Gasteiger partial charge in [-0.15, -0.1) is 0 Å². The molecule has 2 heterocycles. The predicted molar refractivity (Wildman–Crippen MR) is 76.0 cm³/mol. The number of rotatable bonds is 3. The van der Waals surface area contributed by atoms with Gasteiger partial charge >= 0.3 is 0 Å². The molecule has 0 aliphatic carbocycles. The molecule has 20 heavy (non-hydrogen) atoms. The maximum atomic E-state index is 12.1. The number of benzene rings is 1. The van der Waals surface area contributed by atoms with Gasteiger partial charge < -0.3 is 14.8 Å². The van der Waals surface area contributed by atoms with Gasteiger partial charge in [-0.3, -0.25) is 4.79 Å². The average Bonchev–Trinajstić information content (AvgIpc) is 2.93. The Kier molecular flexibility index (Phi) is 4.13. The van der Waals surface area contributed by atoms with Gasteiger partial charge in [-0.1, -0.05) is 11.6 Å². The van der Waals surface area contributed by atoms with E-state index in [1.165, 1.54) is 0 Å². The van der Waals surface area contributed by atoms with Gasteiger partial charge in [-0.25, -0.2) is 0 Å². The fourth-order valence-corrected chi connectivity index (χ4v) is 3.01. The van der Waals surface area contributed by atoms with Gasteiger partial charge in [0.15, 0.2) is 0 Å². The SMILES string of the molecule is O=C(NCc1cc(Cl)cc2c1OCC2)[C@@H]1CCCOC1. The smallest absolute Gasteiger partial charge is 0.225 e. The maximum Gasteiger partial charge on any atom is 0.225 e. The minimum Gasteiger partial charge on any atom is -0.493 e. The van der Waals surface area contributed by atoms with E-state index in [-0.39, 0.29) is 11.8 Å². The molecule has 0 bridgehead atoms. The number of carbonyl (C=O) groups excluding carboxylic acids is 1. The van der Waals surface area contributed by atoms with Gasteiger partial charge in [0.25, 0.3) is 0 Å². The second kappa shape index (κ2) is 6.02. The van der Waals surface area contributed by atoms with Crippen molar-refractivity contribution in [3.05, 3.63) is 28.3 Å². The van der Waals surface area contributed by atoms with Gasteiger partial charge in [-0.2, -0.15) is 0 Å². The van der Waals surface area contributed by atoms with Crippen LogP contribution in [-0.4, -0.2) is 25.7 Å². The molecule has 0 aromatic heterocycles. The number of fused-ring (bicyclic) bond motifs is 1. The summed E-state index contributed by atoms with van der Waals surface area (Å²) >= 11 is 6.10. The molecule has 0 saturated carbocycles. The quantitative estimate of drug-likeness (QED) is 0.931. The van der Waals surface area contributed by atoms with E-state index in [2.05, 4.69) is 5.32 Å². The van der Waals surface area contributed by atoms with Crippen molar-refractivity contribution in [3.8, 4) is 5.75 Å². The van der Waals surface area contributed by atoms with Crippen LogP contribution in [0.25, 0.3) is 0 Å². The van der Waals surface area contributed by atoms with Gasteiger partial charge in [0.2, 0.25) is 5.91 Å². The second-order valence-corrected chi connectivity index (χ2v) is 5.72. The van der Waals surface area contributed by atoms with Crippen molar-refractivity contribution in [2.75, 3.05) is 19.8 Å². The van der Waals surface area contributed by atoms with E-state index in [9.17, 15) is 4.79 Å². The van der Waals surface area contributed by atoms with Crippen LogP contribution in [0.5, 0.6) is 5.75 Å². The largest absolute Gasteiger partial charge is 0.493 e. The summed E-state index contributed by atoms with van der Waals surface area (Å²) in [6.45, 7) is 2.43. The Morgan fingerprint density at radius 3 is 3.10 bits per heavy atom. The van der Waals surface area contributed by atoms with Crippen LogP contribution in [0.4, 0.5) is 0 Å². The summed E-state index contributed by atoms with van der Waals surface area (Å²) in [4.78, 5) is 12.1. The van der Waals surface area contributed by atoms with E-state index in [0.717, 1.165) is 42.7 Å². The highest BCUT2D eigenvalue weighted by Gasteiger charge is 2.23. The monoisotopic (exact) mass is 295 g/mol. The van der Waals surface area contributed by atoms with Crippen LogP contribution < -0.4 is 10.1 Å². The van der Waals surface area contributed by atoms with Gasteiger partial charge in [0.05, 0.1) is 19.1 Å². The highest BCUT2D eigenvalue weighted by Crippen LogP contribution is 2.32. The van der Waals surface area contributed by atoms with Crippen molar-refractivity contribution in [2.45, 2.75) is 25.8 Å². The van der Waals surface area contributed by atoms with Crippen molar-refractivity contribution in [3.63, 3.8) is 0 Å². The Morgan fingerprint density at radius 1 is 1.40 bits per heavy atom. The molecule has 108 valence electrons. The highest BCUT2D eigenvalue weighted by atomic mass is 35.5. The second-order valence-electron chi connectivity index (χ2n) is 5.28. The lowest BCUT2D eigenvalue weighted by molar-refractivity contribution is -0.129. The lowest BCUT2D eigenvalue weighted by Crippen LogP contribution is -2.35. The molecule has 2 aliphatic rings. The third kappa shape index (κ3) is 2.91. The number of hydrogen-bond donors (Lipinski definition) is 1. The first-order chi connectivity index (χ1) is 9.74. The molecule has 1 aromatic carbocycles. The zero-order valence-electron chi connectivity index (χ0n) is 11.3. The fraction of sp³-hybridized carbons (Fsp3) is 0.533. The van der Waals surface area contributed by atoms with Crippen LogP contribution >= 0.6 is 11.6 Å².